The highest BCUT2D eigenvalue weighted by atomic mass is 16.6. The lowest BCUT2D eigenvalue weighted by atomic mass is 10.1. The Morgan fingerprint density at radius 3 is 2.65 bits per heavy atom. The van der Waals surface area contributed by atoms with Gasteiger partial charge in [0.15, 0.2) is 0 Å². The van der Waals surface area contributed by atoms with Crippen LogP contribution < -0.4 is 5.32 Å². The van der Waals surface area contributed by atoms with Gasteiger partial charge in [0.25, 0.3) is 5.69 Å². The van der Waals surface area contributed by atoms with Gasteiger partial charge in [0.05, 0.1) is 4.92 Å². The van der Waals surface area contributed by atoms with Crippen molar-refractivity contribution in [1.82, 2.24) is 10.1 Å². The van der Waals surface area contributed by atoms with E-state index in [2.05, 4.69) is 15.5 Å². The third-order valence-electron chi connectivity index (χ3n) is 3.28. The molecule has 2 aromatic carbocycles. The Balaban J connectivity index is 1.99. The monoisotopic (exact) mass is 310 g/mol. The van der Waals surface area contributed by atoms with E-state index in [4.69, 9.17) is 4.52 Å². The number of hydrogen-bond donors (Lipinski definition) is 1. The van der Waals surface area contributed by atoms with Gasteiger partial charge in [0.1, 0.15) is 5.69 Å². The van der Waals surface area contributed by atoms with Crippen molar-refractivity contribution < 1.29 is 9.45 Å². The average molecular weight is 310 g/mol. The van der Waals surface area contributed by atoms with E-state index in [0.717, 1.165) is 11.3 Å². The second-order valence-corrected chi connectivity index (χ2v) is 5.12. The van der Waals surface area contributed by atoms with Gasteiger partial charge in [-0.3, -0.25) is 10.1 Å². The Bertz CT molecular complexity index is 873. The van der Waals surface area contributed by atoms with Crippen LogP contribution in [0, 0.1) is 24.0 Å². The summed E-state index contributed by atoms with van der Waals surface area (Å²) >= 11 is 0. The smallest absolute Gasteiger partial charge is 0.293 e. The second-order valence-electron chi connectivity index (χ2n) is 5.12. The number of rotatable bonds is 4. The average Bonchev–Trinajstić information content (AvgIpc) is 2.94. The molecule has 0 bridgehead atoms. The minimum absolute atomic E-state index is 0.0496. The molecule has 7 nitrogen and oxygen atoms in total. The molecule has 0 unspecified atom stereocenters. The van der Waals surface area contributed by atoms with E-state index < -0.39 is 4.92 Å². The van der Waals surface area contributed by atoms with E-state index in [1.54, 1.807) is 19.1 Å². The van der Waals surface area contributed by atoms with Crippen LogP contribution in [-0.4, -0.2) is 15.1 Å². The molecule has 3 rings (SSSR count). The third kappa shape index (κ3) is 3.18. The van der Waals surface area contributed by atoms with Crippen molar-refractivity contribution in [2.45, 2.75) is 13.8 Å². The van der Waals surface area contributed by atoms with Crippen LogP contribution >= 0.6 is 0 Å². The van der Waals surface area contributed by atoms with E-state index in [1.807, 2.05) is 31.2 Å². The van der Waals surface area contributed by atoms with Crippen molar-refractivity contribution >= 4 is 17.1 Å². The number of nitro benzene ring substituents is 1. The van der Waals surface area contributed by atoms with Crippen LogP contribution in [0.15, 0.2) is 47.0 Å². The van der Waals surface area contributed by atoms with Crippen molar-refractivity contribution in [3.63, 3.8) is 0 Å². The van der Waals surface area contributed by atoms with Crippen molar-refractivity contribution in [2.75, 3.05) is 5.32 Å². The number of nitrogens with zero attached hydrogens (tertiary/aromatic N) is 3. The van der Waals surface area contributed by atoms with E-state index >= 15 is 0 Å². The molecule has 7 heteroatoms. The zero-order valence-corrected chi connectivity index (χ0v) is 12.6. The Hall–Kier alpha value is -3.22. The topological polar surface area (TPSA) is 94.1 Å². The minimum Gasteiger partial charge on any atom is -0.350 e. The predicted molar refractivity (Wildman–Crippen MR) is 85.6 cm³/mol. The van der Waals surface area contributed by atoms with Crippen LogP contribution in [0.1, 0.15) is 11.5 Å². The molecule has 116 valence electrons. The maximum absolute atomic E-state index is 11.4. The first kappa shape index (κ1) is 14.7. The highest BCUT2D eigenvalue weighted by Gasteiger charge is 2.17. The van der Waals surface area contributed by atoms with Crippen molar-refractivity contribution in [2.24, 2.45) is 0 Å². The van der Waals surface area contributed by atoms with Gasteiger partial charge < -0.3 is 9.84 Å². The van der Waals surface area contributed by atoms with Crippen LogP contribution in [0.3, 0.4) is 0 Å². The van der Waals surface area contributed by atoms with Gasteiger partial charge in [-0.2, -0.15) is 4.98 Å². The summed E-state index contributed by atoms with van der Waals surface area (Å²) in [5, 5.41) is 18.2. The number of nitrogens with one attached hydrogen (secondary N) is 1. The maximum Gasteiger partial charge on any atom is 0.293 e. The molecule has 0 radical (unpaired) electrons. The molecule has 1 heterocycles. The van der Waals surface area contributed by atoms with Gasteiger partial charge in [-0.25, -0.2) is 0 Å². The molecule has 1 N–H and O–H groups in total. The van der Waals surface area contributed by atoms with Gasteiger partial charge >= 0.3 is 0 Å². The first-order valence-electron chi connectivity index (χ1n) is 6.96. The molecule has 0 atom stereocenters. The van der Waals surface area contributed by atoms with Gasteiger partial charge in [-0.05, 0) is 36.8 Å². The molecular formula is C16H14N4O3. The minimum atomic E-state index is -0.436. The molecule has 0 amide bonds. The summed E-state index contributed by atoms with van der Waals surface area (Å²) in [7, 11) is 0. The summed E-state index contributed by atoms with van der Waals surface area (Å²) in [6.07, 6.45) is 0. The van der Waals surface area contributed by atoms with Crippen LogP contribution in [0.5, 0.6) is 0 Å². The Morgan fingerprint density at radius 2 is 2.00 bits per heavy atom. The van der Waals surface area contributed by atoms with Gasteiger partial charge in [0.2, 0.25) is 11.7 Å². The highest BCUT2D eigenvalue weighted by molar-refractivity contribution is 5.74. The molecule has 0 saturated carbocycles. The lowest BCUT2D eigenvalue weighted by Crippen LogP contribution is -1.98. The first-order valence-corrected chi connectivity index (χ1v) is 6.96. The summed E-state index contributed by atoms with van der Waals surface area (Å²) in [6.45, 7) is 3.62. The summed E-state index contributed by atoms with van der Waals surface area (Å²) in [4.78, 5) is 15.0. The SMILES string of the molecule is Cc1cccc(Nc2ccc(-c3noc(C)n3)cc2[N+](=O)[O-])c1. The Morgan fingerprint density at radius 1 is 1.17 bits per heavy atom. The summed E-state index contributed by atoms with van der Waals surface area (Å²) < 4.78 is 4.91. The second kappa shape index (κ2) is 5.88. The standard InChI is InChI=1S/C16H14N4O3/c1-10-4-3-5-13(8-10)18-14-7-6-12(9-15(14)20(21)22)16-17-11(2)23-19-16/h3-9,18H,1-2H3. The number of hydrogen-bond acceptors (Lipinski definition) is 6. The molecule has 0 aliphatic carbocycles. The third-order valence-corrected chi connectivity index (χ3v) is 3.28. The summed E-state index contributed by atoms with van der Waals surface area (Å²) in [6, 6.07) is 12.4. The quantitative estimate of drug-likeness (QED) is 0.578. The zero-order valence-electron chi connectivity index (χ0n) is 12.6. The van der Waals surface area contributed by atoms with Gasteiger partial charge in [0, 0.05) is 24.2 Å². The molecule has 0 spiro atoms. The van der Waals surface area contributed by atoms with E-state index in [9.17, 15) is 10.1 Å². The highest BCUT2D eigenvalue weighted by Crippen LogP contribution is 2.31. The number of aromatic nitrogens is 2. The Labute approximate surface area is 132 Å². The lowest BCUT2D eigenvalue weighted by molar-refractivity contribution is -0.383. The molecular weight excluding hydrogens is 296 g/mol. The van der Waals surface area contributed by atoms with E-state index in [-0.39, 0.29) is 5.69 Å². The number of nitro groups is 1. The van der Waals surface area contributed by atoms with E-state index in [1.165, 1.54) is 6.07 Å². The molecule has 0 fully saturated rings. The number of benzene rings is 2. The van der Waals surface area contributed by atoms with Crippen molar-refractivity contribution in [3.05, 3.63) is 64.0 Å². The normalized spacial score (nSPS) is 10.5. The lowest BCUT2D eigenvalue weighted by Gasteiger charge is -2.08. The van der Waals surface area contributed by atoms with Crippen LogP contribution in [0.2, 0.25) is 0 Å². The molecule has 3 aromatic rings. The summed E-state index contributed by atoms with van der Waals surface area (Å²) in [5.41, 5.74) is 2.74. The maximum atomic E-state index is 11.4. The van der Waals surface area contributed by atoms with Gasteiger partial charge in [-0.15, -0.1) is 0 Å². The zero-order chi connectivity index (χ0) is 16.4. The van der Waals surface area contributed by atoms with Gasteiger partial charge in [-0.1, -0.05) is 17.3 Å². The fraction of sp³-hybridized carbons (Fsp3) is 0.125. The number of aryl methyl sites for hydroxylation is 2. The molecule has 23 heavy (non-hydrogen) atoms. The fourth-order valence-corrected chi connectivity index (χ4v) is 2.22. The number of anilines is 2. The van der Waals surface area contributed by atoms with Crippen LogP contribution in [0.25, 0.3) is 11.4 Å². The van der Waals surface area contributed by atoms with Crippen LogP contribution in [0.4, 0.5) is 17.1 Å². The Kier molecular flexibility index (Phi) is 3.76. The van der Waals surface area contributed by atoms with Crippen LogP contribution in [-0.2, 0) is 0 Å². The largest absolute Gasteiger partial charge is 0.350 e. The summed E-state index contributed by atoms with van der Waals surface area (Å²) in [5.74, 6) is 0.734. The van der Waals surface area contributed by atoms with Crippen molar-refractivity contribution in [3.8, 4) is 11.4 Å². The molecule has 1 aromatic heterocycles. The van der Waals surface area contributed by atoms with Crippen molar-refractivity contribution in [1.29, 1.82) is 0 Å². The molecule has 0 aliphatic rings. The fourth-order valence-electron chi connectivity index (χ4n) is 2.22. The molecule has 0 saturated heterocycles. The molecule has 0 aliphatic heterocycles. The first-order chi connectivity index (χ1) is 11.0. The predicted octanol–water partition coefficient (Wildman–Crippen LogP) is 4.01. The van der Waals surface area contributed by atoms with E-state index in [0.29, 0.717) is 23.0 Å².